The monoisotopic (exact) mass is 535 g/mol. The maximum absolute atomic E-state index is 13.9. The van der Waals surface area contributed by atoms with Crippen LogP contribution in [0.5, 0.6) is 11.5 Å². The van der Waals surface area contributed by atoms with E-state index in [1.807, 2.05) is 54.6 Å². The second kappa shape index (κ2) is 11.6. The van der Waals surface area contributed by atoms with Gasteiger partial charge in [0.05, 0.1) is 14.2 Å². The zero-order chi connectivity index (χ0) is 27.3. The molecular weight excluding hydrogens is 506 g/mol. The minimum absolute atomic E-state index is 0.387. The minimum Gasteiger partial charge on any atom is -0.497 e. The number of benzene rings is 3. The van der Waals surface area contributed by atoms with Crippen LogP contribution < -0.4 is 9.47 Å². The van der Waals surface area contributed by atoms with E-state index in [0.29, 0.717) is 29.2 Å². The average molecular weight is 536 g/mol. The zero-order valence-electron chi connectivity index (χ0n) is 21.3. The lowest BCUT2D eigenvalue weighted by atomic mass is 9.88. The van der Waals surface area contributed by atoms with E-state index in [0.717, 1.165) is 22.9 Å². The normalized spacial score (nSPS) is 18.6. The highest BCUT2D eigenvalue weighted by Crippen LogP contribution is 2.49. The molecule has 0 bridgehead atoms. The molecule has 0 aromatic heterocycles. The lowest BCUT2D eigenvalue weighted by Crippen LogP contribution is -2.78. The van der Waals surface area contributed by atoms with Gasteiger partial charge >= 0.3 is 11.9 Å². The number of amides is 1. The maximum atomic E-state index is 13.9. The minimum atomic E-state index is -1.91. The topological polar surface area (TPSA) is 102 Å². The van der Waals surface area contributed by atoms with E-state index in [-0.39, 0.29) is 0 Å². The Morgan fingerprint density at radius 2 is 1.39 bits per heavy atom. The number of aliphatic carboxylic acids is 1. The molecule has 1 amide bonds. The summed E-state index contributed by atoms with van der Waals surface area (Å²) in [5, 5.41) is 10.3. The van der Waals surface area contributed by atoms with Crippen LogP contribution in [0, 0.1) is 0 Å². The summed E-state index contributed by atoms with van der Waals surface area (Å²) in [6, 6.07) is 21.8. The van der Waals surface area contributed by atoms with Gasteiger partial charge in [-0.3, -0.25) is 9.59 Å². The number of carboxylic acids is 1. The number of thioether (sulfide) groups is 1. The Morgan fingerprint density at radius 3 is 1.82 bits per heavy atom. The molecule has 38 heavy (non-hydrogen) atoms. The van der Waals surface area contributed by atoms with Crippen molar-refractivity contribution >= 4 is 29.6 Å². The van der Waals surface area contributed by atoms with Gasteiger partial charge in [-0.1, -0.05) is 54.2 Å². The predicted molar refractivity (Wildman–Crippen MR) is 142 cm³/mol. The quantitative estimate of drug-likeness (QED) is 0.221. The highest BCUT2D eigenvalue weighted by Gasteiger charge is 2.69. The summed E-state index contributed by atoms with van der Waals surface area (Å²) < 4.78 is 16.0. The number of nitrogens with zero attached hydrogens (tertiary/aromatic N) is 1. The van der Waals surface area contributed by atoms with E-state index < -0.39 is 34.9 Å². The Kier molecular flexibility index (Phi) is 8.26. The van der Waals surface area contributed by atoms with Gasteiger partial charge in [0.1, 0.15) is 11.5 Å². The summed E-state index contributed by atoms with van der Waals surface area (Å²) in [6.07, 6.45) is 0.773. The van der Waals surface area contributed by atoms with Crippen molar-refractivity contribution in [2.75, 3.05) is 14.2 Å². The van der Waals surface area contributed by atoms with Crippen LogP contribution in [0.4, 0.5) is 0 Å². The van der Waals surface area contributed by atoms with E-state index >= 15 is 0 Å². The lowest BCUT2D eigenvalue weighted by molar-refractivity contribution is -0.199. The highest BCUT2D eigenvalue weighted by atomic mass is 32.2. The molecule has 1 fully saturated rings. The lowest BCUT2D eigenvalue weighted by Gasteiger charge is -2.54. The molecule has 1 heterocycles. The van der Waals surface area contributed by atoms with Crippen molar-refractivity contribution in [2.24, 2.45) is 0 Å². The molecule has 2 unspecified atom stereocenters. The van der Waals surface area contributed by atoms with E-state index in [9.17, 15) is 19.5 Å². The van der Waals surface area contributed by atoms with Gasteiger partial charge in [-0.15, -0.1) is 0 Å². The number of ether oxygens (including phenoxy) is 3. The summed E-state index contributed by atoms with van der Waals surface area (Å²) >= 11 is 0.946. The molecule has 3 aromatic rings. The second-order valence-electron chi connectivity index (χ2n) is 8.89. The van der Waals surface area contributed by atoms with Crippen molar-refractivity contribution in [1.82, 2.24) is 4.90 Å². The molecule has 1 N–H and O–H groups in total. The summed E-state index contributed by atoms with van der Waals surface area (Å²) in [6.45, 7) is 1.17. The number of carboxylic acid groups (broad SMARTS) is 1. The molecule has 3 aromatic carbocycles. The molecule has 0 saturated carbocycles. The Balaban J connectivity index is 1.71. The van der Waals surface area contributed by atoms with E-state index in [1.165, 1.54) is 11.8 Å². The molecule has 2 atom stereocenters. The first kappa shape index (κ1) is 27.1. The number of rotatable bonds is 11. The maximum Gasteiger partial charge on any atom is 0.332 e. The van der Waals surface area contributed by atoms with Gasteiger partial charge in [-0.05, 0) is 60.4 Å². The zero-order valence-corrected chi connectivity index (χ0v) is 22.1. The molecule has 9 heteroatoms. The second-order valence-corrected chi connectivity index (χ2v) is 10.2. The number of hydrogen-bond donors (Lipinski definition) is 1. The number of likely N-dealkylation sites (tertiary alicyclic amines) is 1. The van der Waals surface area contributed by atoms with E-state index in [1.54, 1.807) is 38.5 Å². The van der Waals surface area contributed by atoms with Crippen molar-refractivity contribution in [1.29, 1.82) is 0 Å². The SMILES string of the molecule is COc1ccc(CC(Cc2ccc(OC)cc2)N2C(=O)C(OC(C)=O)(Sc3ccccc3)C2C(=O)O)cc1. The van der Waals surface area contributed by atoms with Crippen LogP contribution in [0.3, 0.4) is 0 Å². The standard InChI is InChI=1S/C29H29NO7S/c1-19(31)37-29(38-25-7-5-4-6-8-25)26(27(32)33)30(28(29)34)22(17-20-9-13-23(35-2)14-10-20)18-21-11-15-24(36-3)16-12-21/h4-16,22,26H,17-18H2,1-3H3,(H,32,33). The smallest absolute Gasteiger partial charge is 0.332 e. The molecule has 0 spiro atoms. The molecule has 4 rings (SSSR count). The summed E-state index contributed by atoms with van der Waals surface area (Å²) in [4.78, 5) is 38.7. The fraction of sp³-hybridized carbons (Fsp3) is 0.276. The van der Waals surface area contributed by atoms with Crippen LogP contribution in [0.25, 0.3) is 0 Å². The van der Waals surface area contributed by atoms with Gasteiger partial charge in [-0.2, -0.15) is 0 Å². The van der Waals surface area contributed by atoms with Gasteiger partial charge < -0.3 is 24.2 Å². The predicted octanol–water partition coefficient (Wildman–Crippen LogP) is 4.20. The largest absolute Gasteiger partial charge is 0.497 e. The van der Waals surface area contributed by atoms with E-state index in [2.05, 4.69) is 0 Å². The van der Waals surface area contributed by atoms with Crippen LogP contribution in [-0.2, 0) is 32.0 Å². The Hall–Kier alpha value is -3.98. The van der Waals surface area contributed by atoms with Gasteiger partial charge in [0.15, 0.2) is 6.04 Å². The third-order valence-electron chi connectivity index (χ3n) is 6.37. The van der Waals surface area contributed by atoms with Gasteiger partial charge in [-0.25, -0.2) is 4.79 Å². The number of carbonyl (C=O) groups is 3. The number of carbonyl (C=O) groups excluding carboxylic acids is 2. The Bertz CT molecular complexity index is 1230. The van der Waals surface area contributed by atoms with Crippen LogP contribution in [0.15, 0.2) is 83.8 Å². The first-order chi connectivity index (χ1) is 18.3. The average Bonchev–Trinajstić information content (AvgIpc) is 2.91. The van der Waals surface area contributed by atoms with E-state index in [4.69, 9.17) is 14.2 Å². The Labute approximate surface area is 225 Å². The van der Waals surface area contributed by atoms with Gasteiger partial charge in [0.2, 0.25) is 0 Å². The van der Waals surface area contributed by atoms with Gasteiger partial charge in [0.25, 0.3) is 10.8 Å². The summed E-state index contributed by atoms with van der Waals surface area (Å²) in [5.74, 6) is -1.15. The highest BCUT2D eigenvalue weighted by molar-refractivity contribution is 8.01. The molecule has 1 aliphatic rings. The molecule has 0 radical (unpaired) electrons. The third kappa shape index (κ3) is 5.62. The van der Waals surface area contributed by atoms with Crippen LogP contribution in [-0.4, -0.2) is 59.1 Å². The molecule has 8 nitrogen and oxygen atoms in total. The third-order valence-corrected chi connectivity index (χ3v) is 7.66. The number of hydrogen-bond acceptors (Lipinski definition) is 7. The van der Waals surface area contributed by atoms with Gasteiger partial charge in [0, 0.05) is 17.9 Å². The Morgan fingerprint density at radius 1 is 0.895 bits per heavy atom. The number of methoxy groups -OCH3 is 2. The van der Waals surface area contributed by atoms with Crippen molar-refractivity contribution in [3.63, 3.8) is 0 Å². The summed E-state index contributed by atoms with van der Waals surface area (Å²) in [7, 11) is 3.16. The first-order valence-corrected chi connectivity index (χ1v) is 12.8. The molecular formula is C29H29NO7S. The van der Waals surface area contributed by atoms with Crippen LogP contribution in [0.2, 0.25) is 0 Å². The van der Waals surface area contributed by atoms with Crippen LogP contribution in [0.1, 0.15) is 18.1 Å². The molecule has 198 valence electrons. The van der Waals surface area contributed by atoms with Crippen molar-refractivity contribution < 1.29 is 33.7 Å². The number of esters is 1. The molecule has 1 aliphatic heterocycles. The van der Waals surface area contributed by atoms with Crippen LogP contribution >= 0.6 is 11.8 Å². The fourth-order valence-corrected chi connectivity index (χ4v) is 5.94. The first-order valence-electron chi connectivity index (χ1n) is 12.0. The number of β-lactam (4-membered cyclic amide) rings is 1. The fourth-order valence-electron chi connectivity index (χ4n) is 4.62. The molecule has 0 aliphatic carbocycles. The van der Waals surface area contributed by atoms with Crippen molar-refractivity contribution in [3.8, 4) is 11.5 Å². The summed E-state index contributed by atoms with van der Waals surface area (Å²) in [5.41, 5.74) is 1.81. The van der Waals surface area contributed by atoms with Crippen molar-refractivity contribution in [2.45, 2.75) is 41.7 Å². The van der Waals surface area contributed by atoms with Crippen molar-refractivity contribution in [3.05, 3.63) is 90.0 Å². The molecule has 1 saturated heterocycles.